The molecule has 0 aliphatic carbocycles. The van der Waals surface area contributed by atoms with E-state index in [0.717, 1.165) is 0 Å². The van der Waals surface area contributed by atoms with Crippen molar-refractivity contribution in [3.05, 3.63) is 0 Å². The summed E-state index contributed by atoms with van der Waals surface area (Å²) in [5, 5.41) is 57.4. The molecule has 1 heterocycles. The molecular formula is C9H17NO8. The number of aliphatic hydroxyl groups is 5. The molecule has 5 atom stereocenters. The van der Waals surface area contributed by atoms with Gasteiger partial charge in [0.05, 0.1) is 19.8 Å². The maximum Gasteiger partial charge on any atom is 0.323 e. The molecular weight excluding hydrogens is 250 g/mol. The Bertz CT molecular complexity index is 300. The summed E-state index contributed by atoms with van der Waals surface area (Å²) in [6.45, 7) is -1.85. The van der Waals surface area contributed by atoms with Crippen molar-refractivity contribution >= 4 is 5.97 Å². The molecule has 106 valence electrons. The fourth-order valence-electron chi connectivity index (χ4n) is 1.66. The SMILES string of the molecule is O=C(O)C(CO)NCC1(O)OC(CO)C(O)C1O. The van der Waals surface area contributed by atoms with Crippen LogP contribution in [0, 0.1) is 0 Å². The second kappa shape index (κ2) is 5.89. The van der Waals surface area contributed by atoms with Crippen LogP contribution in [-0.2, 0) is 9.53 Å². The number of rotatable bonds is 6. The van der Waals surface area contributed by atoms with E-state index in [4.69, 9.17) is 20.1 Å². The predicted molar refractivity (Wildman–Crippen MR) is 55.4 cm³/mol. The molecule has 0 aromatic carbocycles. The topological polar surface area (TPSA) is 160 Å². The van der Waals surface area contributed by atoms with Gasteiger partial charge in [0.15, 0.2) is 0 Å². The molecule has 7 N–H and O–H groups in total. The zero-order chi connectivity index (χ0) is 13.9. The summed E-state index contributed by atoms with van der Waals surface area (Å²) < 4.78 is 4.87. The van der Waals surface area contributed by atoms with E-state index in [0.29, 0.717) is 0 Å². The van der Waals surface area contributed by atoms with E-state index in [9.17, 15) is 20.1 Å². The quantitative estimate of drug-likeness (QED) is 0.253. The molecule has 1 saturated heterocycles. The fraction of sp³-hybridized carbons (Fsp3) is 0.889. The number of hydrogen-bond donors (Lipinski definition) is 7. The third-order valence-corrected chi connectivity index (χ3v) is 2.78. The maximum absolute atomic E-state index is 10.6. The lowest BCUT2D eigenvalue weighted by Gasteiger charge is -2.27. The van der Waals surface area contributed by atoms with Crippen molar-refractivity contribution in [2.45, 2.75) is 30.1 Å². The van der Waals surface area contributed by atoms with Crippen molar-refractivity contribution in [3.8, 4) is 0 Å². The smallest absolute Gasteiger partial charge is 0.323 e. The van der Waals surface area contributed by atoms with Crippen molar-refractivity contribution in [2.75, 3.05) is 19.8 Å². The average Bonchev–Trinajstić information content (AvgIpc) is 2.54. The molecule has 0 aromatic rings. The van der Waals surface area contributed by atoms with Crippen LogP contribution in [0.2, 0.25) is 0 Å². The van der Waals surface area contributed by atoms with Crippen molar-refractivity contribution in [3.63, 3.8) is 0 Å². The third kappa shape index (κ3) is 2.95. The Kier molecular flexibility index (Phi) is 4.99. The van der Waals surface area contributed by atoms with Crippen LogP contribution in [0.15, 0.2) is 0 Å². The zero-order valence-corrected chi connectivity index (χ0v) is 9.43. The van der Waals surface area contributed by atoms with E-state index in [2.05, 4.69) is 5.32 Å². The normalized spacial score (nSPS) is 37.7. The third-order valence-electron chi connectivity index (χ3n) is 2.78. The van der Waals surface area contributed by atoms with Gasteiger partial charge in [0, 0.05) is 0 Å². The second-order valence-electron chi connectivity index (χ2n) is 4.07. The first-order valence-electron chi connectivity index (χ1n) is 5.30. The van der Waals surface area contributed by atoms with Crippen LogP contribution in [0.4, 0.5) is 0 Å². The standard InChI is InChI=1S/C9H17NO8/c11-1-4(8(15)16)10-3-9(17)7(14)6(13)5(2-12)18-9/h4-7,10-14,17H,1-3H2,(H,15,16). The Morgan fingerprint density at radius 1 is 1.39 bits per heavy atom. The van der Waals surface area contributed by atoms with Gasteiger partial charge in [-0.3, -0.25) is 10.1 Å². The monoisotopic (exact) mass is 267 g/mol. The Morgan fingerprint density at radius 3 is 2.39 bits per heavy atom. The summed E-state index contributed by atoms with van der Waals surface area (Å²) in [5.74, 6) is -3.57. The molecule has 9 heteroatoms. The fourth-order valence-corrected chi connectivity index (χ4v) is 1.66. The summed E-state index contributed by atoms with van der Waals surface area (Å²) in [6.07, 6.45) is -4.35. The lowest BCUT2D eigenvalue weighted by Crippen LogP contribution is -2.54. The molecule has 0 amide bonds. The number of nitrogens with one attached hydrogen (secondary N) is 1. The lowest BCUT2D eigenvalue weighted by atomic mass is 10.1. The van der Waals surface area contributed by atoms with Crippen molar-refractivity contribution in [1.29, 1.82) is 0 Å². The molecule has 1 aliphatic heterocycles. The summed E-state index contributed by atoms with van der Waals surface area (Å²) in [6, 6.07) is -1.34. The van der Waals surface area contributed by atoms with Gasteiger partial charge in [0.1, 0.15) is 24.4 Å². The van der Waals surface area contributed by atoms with E-state index < -0.39 is 55.9 Å². The van der Waals surface area contributed by atoms with E-state index in [1.807, 2.05) is 0 Å². The van der Waals surface area contributed by atoms with Crippen LogP contribution in [0.1, 0.15) is 0 Å². The van der Waals surface area contributed by atoms with E-state index in [1.165, 1.54) is 0 Å². The molecule has 1 fully saturated rings. The van der Waals surface area contributed by atoms with Gasteiger partial charge in [-0.1, -0.05) is 0 Å². The Morgan fingerprint density at radius 2 is 2.00 bits per heavy atom. The van der Waals surface area contributed by atoms with Gasteiger partial charge in [-0.2, -0.15) is 0 Å². The zero-order valence-electron chi connectivity index (χ0n) is 9.43. The minimum Gasteiger partial charge on any atom is -0.480 e. The second-order valence-corrected chi connectivity index (χ2v) is 4.07. The number of aliphatic carboxylic acids is 1. The van der Waals surface area contributed by atoms with Crippen molar-refractivity contribution in [1.82, 2.24) is 5.32 Å². The molecule has 0 bridgehead atoms. The first kappa shape index (κ1) is 15.2. The van der Waals surface area contributed by atoms with Gasteiger partial charge in [-0.15, -0.1) is 0 Å². The summed E-state index contributed by atoms with van der Waals surface area (Å²) >= 11 is 0. The molecule has 5 unspecified atom stereocenters. The largest absolute Gasteiger partial charge is 0.480 e. The van der Waals surface area contributed by atoms with Crippen LogP contribution in [0.5, 0.6) is 0 Å². The number of carboxylic acid groups (broad SMARTS) is 1. The van der Waals surface area contributed by atoms with E-state index >= 15 is 0 Å². The first-order valence-corrected chi connectivity index (χ1v) is 5.30. The molecule has 0 saturated carbocycles. The highest BCUT2D eigenvalue weighted by Gasteiger charge is 2.53. The Labute approximate surface area is 102 Å². The lowest BCUT2D eigenvalue weighted by molar-refractivity contribution is -0.227. The number of carbonyl (C=O) groups is 1. The average molecular weight is 267 g/mol. The van der Waals surface area contributed by atoms with Gasteiger partial charge in [-0.25, -0.2) is 0 Å². The van der Waals surface area contributed by atoms with E-state index in [-0.39, 0.29) is 0 Å². The van der Waals surface area contributed by atoms with Gasteiger partial charge in [0.25, 0.3) is 0 Å². The highest BCUT2D eigenvalue weighted by molar-refractivity contribution is 5.73. The molecule has 9 nitrogen and oxygen atoms in total. The van der Waals surface area contributed by atoms with Crippen molar-refractivity contribution < 1.29 is 40.2 Å². The van der Waals surface area contributed by atoms with Crippen LogP contribution in [-0.4, -0.2) is 86.5 Å². The molecule has 1 rings (SSSR count). The molecule has 18 heavy (non-hydrogen) atoms. The van der Waals surface area contributed by atoms with Gasteiger partial charge in [0.2, 0.25) is 5.79 Å². The predicted octanol–water partition coefficient (Wildman–Crippen LogP) is -4.18. The van der Waals surface area contributed by atoms with Crippen LogP contribution < -0.4 is 5.32 Å². The van der Waals surface area contributed by atoms with Crippen LogP contribution in [0.3, 0.4) is 0 Å². The highest BCUT2D eigenvalue weighted by atomic mass is 16.7. The summed E-state index contributed by atoms with van der Waals surface area (Å²) in [5.41, 5.74) is 0. The van der Waals surface area contributed by atoms with Crippen LogP contribution >= 0.6 is 0 Å². The summed E-state index contributed by atoms with van der Waals surface area (Å²) in [4.78, 5) is 10.6. The van der Waals surface area contributed by atoms with Crippen molar-refractivity contribution in [2.24, 2.45) is 0 Å². The number of aliphatic hydroxyl groups excluding tert-OH is 4. The number of carboxylic acids is 1. The van der Waals surface area contributed by atoms with Crippen LogP contribution in [0.25, 0.3) is 0 Å². The number of ether oxygens (including phenoxy) is 1. The molecule has 0 radical (unpaired) electrons. The molecule has 1 aliphatic rings. The minimum absolute atomic E-state index is 0.529. The van der Waals surface area contributed by atoms with Gasteiger partial charge in [-0.05, 0) is 0 Å². The molecule has 0 spiro atoms. The highest BCUT2D eigenvalue weighted by Crippen LogP contribution is 2.28. The molecule has 0 aromatic heterocycles. The van der Waals surface area contributed by atoms with E-state index in [1.54, 1.807) is 0 Å². The minimum atomic E-state index is -2.23. The summed E-state index contributed by atoms with van der Waals surface area (Å²) in [7, 11) is 0. The van der Waals surface area contributed by atoms with Gasteiger partial charge >= 0.3 is 5.97 Å². The maximum atomic E-state index is 10.6. The Hall–Kier alpha value is -0.810. The first-order chi connectivity index (χ1) is 8.35. The number of hydrogen-bond acceptors (Lipinski definition) is 8. The van der Waals surface area contributed by atoms with Gasteiger partial charge < -0.3 is 35.4 Å². The Balaban J connectivity index is 2.63.